The van der Waals surface area contributed by atoms with Gasteiger partial charge in [-0.3, -0.25) is 0 Å². The molecule has 0 radical (unpaired) electrons. The molecule has 0 unspecified atom stereocenters. The van der Waals surface area contributed by atoms with Gasteiger partial charge in [-0.2, -0.15) is 0 Å². The van der Waals surface area contributed by atoms with Crippen LogP contribution < -0.4 is 0 Å². The van der Waals surface area contributed by atoms with Gasteiger partial charge in [0.25, 0.3) is 0 Å². The highest BCUT2D eigenvalue weighted by Crippen LogP contribution is 2.65. The summed E-state index contributed by atoms with van der Waals surface area (Å²) in [6.45, 7) is 0. The molecule has 0 fully saturated rings. The zero-order valence-corrected chi connectivity index (χ0v) is 24.9. The first kappa shape index (κ1) is 25.1. The van der Waals surface area contributed by atoms with Crippen molar-refractivity contribution in [2.75, 3.05) is 11.5 Å². The lowest BCUT2D eigenvalue weighted by Crippen LogP contribution is -1.88. The summed E-state index contributed by atoms with van der Waals surface area (Å²) in [6.07, 6.45) is 8.71. The first-order chi connectivity index (χ1) is 18.8. The average molecular weight is 601 g/mol. The van der Waals surface area contributed by atoms with E-state index >= 15 is 0 Å². The minimum atomic E-state index is 0.969. The predicted octanol–water partition coefficient (Wildman–Crippen LogP) is 10.4. The van der Waals surface area contributed by atoms with Gasteiger partial charge in [-0.15, -0.1) is 23.5 Å². The lowest BCUT2D eigenvalue weighted by atomic mass is 10.2. The zero-order valence-electron chi connectivity index (χ0n) is 20.0. The SMILES string of the molecule is C(=C\c1ccc2ccccc2n1)/C1=C(/C=C/c2ccc3ccccc3n2)SC(=C2SC3=C(SCCS3)S2)S1. The molecule has 0 aliphatic carbocycles. The van der Waals surface area contributed by atoms with Gasteiger partial charge in [0.15, 0.2) is 0 Å². The first-order valence-electron chi connectivity index (χ1n) is 12.1. The van der Waals surface area contributed by atoms with Crippen molar-refractivity contribution >= 4 is 105 Å². The maximum atomic E-state index is 4.84. The van der Waals surface area contributed by atoms with Gasteiger partial charge in [-0.25, -0.2) is 9.97 Å². The molecule has 2 aromatic heterocycles. The molecule has 7 rings (SSSR count). The maximum absolute atomic E-state index is 4.84. The number of thioether (sulfide) groups is 6. The van der Waals surface area contributed by atoms with Crippen LogP contribution in [0.25, 0.3) is 34.0 Å². The zero-order chi connectivity index (χ0) is 25.3. The first-order valence-corrected chi connectivity index (χ1v) is 17.3. The van der Waals surface area contributed by atoms with E-state index in [0.717, 1.165) is 33.2 Å². The van der Waals surface area contributed by atoms with Crippen molar-refractivity contribution in [3.05, 3.63) is 123 Å². The van der Waals surface area contributed by atoms with Crippen molar-refractivity contribution in [2.45, 2.75) is 0 Å². The Hall–Kier alpha value is -1.94. The van der Waals surface area contributed by atoms with E-state index in [1.807, 2.05) is 82.7 Å². The summed E-state index contributed by atoms with van der Waals surface area (Å²) in [6, 6.07) is 25.0. The molecule has 0 N–H and O–H groups in total. The average Bonchev–Trinajstić information content (AvgIpc) is 3.59. The van der Waals surface area contributed by atoms with Gasteiger partial charge >= 0.3 is 0 Å². The van der Waals surface area contributed by atoms with Crippen molar-refractivity contribution in [3.8, 4) is 0 Å². The van der Waals surface area contributed by atoms with Gasteiger partial charge in [0.2, 0.25) is 0 Å². The van der Waals surface area contributed by atoms with Crippen LogP contribution in [0, 0.1) is 0 Å². The van der Waals surface area contributed by atoms with Crippen molar-refractivity contribution in [1.29, 1.82) is 0 Å². The van der Waals surface area contributed by atoms with Crippen molar-refractivity contribution in [3.63, 3.8) is 0 Å². The molecule has 3 aliphatic rings. The number of pyridine rings is 2. The molecule has 186 valence electrons. The van der Waals surface area contributed by atoms with Crippen molar-refractivity contribution in [2.24, 2.45) is 0 Å². The topological polar surface area (TPSA) is 25.8 Å². The largest absolute Gasteiger partial charge is 0.248 e. The van der Waals surface area contributed by atoms with Gasteiger partial charge in [-0.1, -0.05) is 95.6 Å². The number of nitrogens with zero attached hydrogens (tertiary/aromatic N) is 2. The molecular formula is C30H20N2S6. The van der Waals surface area contributed by atoms with Crippen molar-refractivity contribution in [1.82, 2.24) is 9.97 Å². The number of benzene rings is 2. The quantitative estimate of drug-likeness (QED) is 0.228. The number of fused-ring (bicyclic) bond motifs is 2. The summed E-state index contributed by atoms with van der Waals surface area (Å²) in [5, 5.41) is 2.33. The maximum Gasteiger partial charge on any atom is 0.0717 e. The standard InChI is InChI=1S/C30H20N2S6/c1-3-7-23-19(5-1)9-11-21(31-23)13-15-25-26(16-14-22-12-10-20-6-2-4-8-24(20)32-22)36-29(35-25)30-37-27-28(38-30)34-18-17-33-27/h1-16H,17-18H2/b15-13+,16-14+. The summed E-state index contributed by atoms with van der Waals surface area (Å²) in [5.74, 6) is 2.41. The van der Waals surface area contributed by atoms with Crippen LogP contribution in [-0.4, -0.2) is 21.5 Å². The van der Waals surface area contributed by atoms with Gasteiger partial charge in [0, 0.05) is 32.1 Å². The van der Waals surface area contributed by atoms with Crippen LogP contribution in [0.1, 0.15) is 11.4 Å². The molecule has 0 amide bonds. The predicted molar refractivity (Wildman–Crippen MR) is 178 cm³/mol. The fraction of sp³-hybridized carbons (Fsp3) is 0.0667. The minimum absolute atomic E-state index is 0.969. The van der Waals surface area contributed by atoms with E-state index in [1.165, 1.54) is 38.3 Å². The second-order valence-electron chi connectivity index (χ2n) is 8.51. The van der Waals surface area contributed by atoms with Crippen LogP contribution in [0.15, 0.2) is 112 Å². The molecule has 0 saturated carbocycles. The number of rotatable bonds is 4. The number of aromatic nitrogens is 2. The molecule has 5 heterocycles. The monoisotopic (exact) mass is 600 g/mol. The van der Waals surface area contributed by atoms with Gasteiger partial charge < -0.3 is 0 Å². The Morgan fingerprint density at radius 3 is 1.47 bits per heavy atom. The lowest BCUT2D eigenvalue weighted by molar-refractivity contribution is 1.37. The number of hydrogen-bond acceptors (Lipinski definition) is 8. The van der Waals surface area contributed by atoms with E-state index in [2.05, 4.69) is 85.0 Å². The third-order valence-corrected chi connectivity index (χ3v) is 14.8. The van der Waals surface area contributed by atoms with Crippen LogP contribution in [-0.2, 0) is 0 Å². The molecule has 8 heteroatoms. The molecule has 2 nitrogen and oxygen atoms in total. The van der Waals surface area contributed by atoms with Crippen LogP contribution in [0.5, 0.6) is 0 Å². The summed E-state index contributed by atoms with van der Waals surface area (Å²) in [4.78, 5) is 12.2. The Labute approximate surface area is 247 Å². The summed E-state index contributed by atoms with van der Waals surface area (Å²) >= 11 is 11.7. The van der Waals surface area contributed by atoms with Crippen LogP contribution in [0.4, 0.5) is 0 Å². The molecule has 0 bridgehead atoms. The number of para-hydroxylation sites is 2. The summed E-state index contributed by atoms with van der Waals surface area (Å²) in [7, 11) is 0. The molecule has 2 aromatic carbocycles. The van der Waals surface area contributed by atoms with E-state index < -0.39 is 0 Å². The third kappa shape index (κ3) is 5.40. The van der Waals surface area contributed by atoms with Gasteiger partial charge in [-0.05, 0) is 48.6 Å². The van der Waals surface area contributed by atoms with Gasteiger partial charge in [0.05, 0.1) is 39.4 Å². The Kier molecular flexibility index (Phi) is 7.43. The summed E-state index contributed by atoms with van der Waals surface area (Å²) in [5.41, 5.74) is 3.98. The molecule has 38 heavy (non-hydrogen) atoms. The fourth-order valence-corrected chi connectivity index (χ4v) is 12.8. The molecule has 0 atom stereocenters. The van der Waals surface area contributed by atoms with E-state index in [1.54, 1.807) is 0 Å². The normalized spacial score (nSPS) is 18.2. The van der Waals surface area contributed by atoms with Crippen LogP contribution in [0.2, 0.25) is 0 Å². The highest BCUT2D eigenvalue weighted by molar-refractivity contribution is 8.43. The lowest BCUT2D eigenvalue weighted by Gasteiger charge is -2.08. The second kappa shape index (κ2) is 11.3. The smallest absolute Gasteiger partial charge is 0.0717 e. The number of hydrogen-bond donors (Lipinski definition) is 0. The number of allylic oxidation sites excluding steroid dienone is 2. The van der Waals surface area contributed by atoms with Gasteiger partial charge in [0.1, 0.15) is 0 Å². The van der Waals surface area contributed by atoms with E-state index in [-0.39, 0.29) is 0 Å². The second-order valence-corrected chi connectivity index (χ2v) is 15.9. The summed E-state index contributed by atoms with van der Waals surface area (Å²) < 4.78 is 5.75. The molecule has 4 aromatic rings. The van der Waals surface area contributed by atoms with Crippen LogP contribution in [0.3, 0.4) is 0 Å². The molecule has 0 saturated heterocycles. The molecular weight excluding hydrogens is 581 g/mol. The Bertz CT molecular complexity index is 1610. The Morgan fingerprint density at radius 1 is 0.474 bits per heavy atom. The third-order valence-electron chi connectivity index (χ3n) is 5.95. The molecule has 3 aliphatic heterocycles. The fourth-order valence-electron chi connectivity index (χ4n) is 4.11. The van der Waals surface area contributed by atoms with E-state index in [9.17, 15) is 0 Å². The highest BCUT2D eigenvalue weighted by atomic mass is 32.3. The van der Waals surface area contributed by atoms with E-state index in [4.69, 9.17) is 9.97 Å². The van der Waals surface area contributed by atoms with Crippen LogP contribution >= 0.6 is 70.6 Å². The Morgan fingerprint density at radius 2 is 0.947 bits per heavy atom. The van der Waals surface area contributed by atoms with Crippen molar-refractivity contribution < 1.29 is 0 Å². The molecule has 0 spiro atoms. The van der Waals surface area contributed by atoms with E-state index in [0.29, 0.717) is 0 Å². The minimum Gasteiger partial charge on any atom is -0.248 e. The highest BCUT2D eigenvalue weighted by Gasteiger charge is 2.30. The Balaban J connectivity index is 1.20.